The van der Waals surface area contributed by atoms with E-state index in [0.29, 0.717) is 12.1 Å². The third-order valence-corrected chi connectivity index (χ3v) is 4.11. The summed E-state index contributed by atoms with van der Waals surface area (Å²) in [5, 5.41) is 7.04. The highest BCUT2D eigenvalue weighted by atomic mass is 16.2. The van der Waals surface area contributed by atoms with Crippen LogP contribution in [0.25, 0.3) is 0 Å². The highest BCUT2D eigenvalue weighted by molar-refractivity contribution is 6.01. The standard InChI is InChI=1S/C18H20N4O3/c1-13(11-21-10-2-9-19-21)20-18(25)15-5-3-14(4-6-15)12-22-16(23)7-8-17(22)24/h2-6,9-10,13H,7-8,11-12H2,1H3,(H,20,25)/t13-/m0/s1. The normalized spacial score (nSPS) is 15.5. The number of hydrogen-bond acceptors (Lipinski definition) is 4. The van der Waals surface area contributed by atoms with E-state index >= 15 is 0 Å². The van der Waals surface area contributed by atoms with Gasteiger partial charge >= 0.3 is 0 Å². The summed E-state index contributed by atoms with van der Waals surface area (Å²) in [4.78, 5) is 36.8. The zero-order chi connectivity index (χ0) is 17.8. The Balaban J connectivity index is 1.57. The van der Waals surface area contributed by atoms with E-state index in [2.05, 4.69) is 10.4 Å². The predicted molar refractivity (Wildman–Crippen MR) is 90.4 cm³/mol. The molecule has 0 spiro atoms. The van der Waals surface area contributed by atoms with E-state index in [1.54, 1.807) is 35.1 Å². The van der Waals surface area contributed by atoms with Crippen LogP contribution in [0.5, 0.6) is 0 Å². The molecule has 1 fully saturated rings. The van der Waals surface area contributed by atoms with Gasteiger partial charge in [0.05, 0.1) is 13.1 Å². The van der Waals surface area contributed by atoms with Crippen LogP contribution >= 0.6 is 0 Å². The first kappa shape index (κ1) is 16.9. The molecule has 1 aliphatic heterocycles. The maximum absolute atomic E-state index is 12.3. The van der Waals surface area contributed by atoms with Gasteiger partial charge in [-0.15, -0.1) is 0 Å². The third kappa shape index (κ3) is 4.12. The Kier molecular flexibility index (Phi) is 4.92. The summed E-state index contributed by atoms with van der Waals surface area (Å²) in [6.45, 7) is 2.77. The van der Waals surface area contributed by atoms with Crippen molar-refractivity contribution >= 4 is 17.7 Å². The maximum Gasteiger partial charge on any atom is 0.251 e. The van der Waals surface area contributed by atoms with Crippen molar-refractivity contribution in [3.63, 3.8) is 0 Å². The Morgan fingerprint density at radius 2 is 1.88 bits per heavy atom. The first-order chi connectivity index (χ1) is 12.0. The molecule has 7 heteroatoms. The summed E-state index contributed by atoms with van der Waals surface area (Å²) < 4.78 is 1.76. The van der Waals surface area contributed by atoms with Crippen LogP contribution in [0.2, 0.25) is 0 Å². The van der Waals surface area contributed by atoms with Gasteiger partial charge in [-0.05, 0) is 30.7 Å². The number of hydrogen-bond donors (Lipinski definition) is 1. The minimum Gasteiger partial charge on any atom is -0.348 e. The van der Waals surface area contributed by atoms with Crippen molar-refractivity contribution in [2.75, 3.05) is 0 Å². The summed E-state index contributed by atoms with van der Waals surface area (Å²) in [5.74, 6) is -0.446. The number of rotatable bonds is 6. The Labute approximate surface area is 145 Å². The number of carbonyl (C=O) groups is 3. The molecule has 25 heavy (non-hydrogen) atoms. The minimum absolute atomic E-state index is 0.0630. The van der Waals surface area contributed by atoms with Crippen LogP contribution in [-0.2, 0) is 22.7 Å². The summed E-state index contributed by atoms with van der Waals surface area (Å²) in [7, 11) is 0. The topological polar surface area (TPSA) is 84.3 Å². The molecule has 3 amide bonds. The first-order valence-corrected chi connectivity index (χ1v) is 8.23. The molecule has 1 saturated heterocycles. The first-order valence-electron chi connectivity index (χ1n) is 8.23. The van der Waals surface area contributed by atoms with Crippen molar-refractivity contribution < 1.29 is 14.4 Å². The van der Waals surface area contributed by atoms with E-state index in [4.69, 9.17) is 0 Å². The zero-order valence-corrected chi connectivity index (χ0v) is 14.0. The van der Waals surface area contributed by atoms with E-state index in [0.717, 1.165) is 5.56 Å². The Hall–Kier alpha value is -2.96. The molecule has 1 N–H and O–H groups in total. The molecule has 0 unspecified atom stereocenters. The second-order valence-electron chi connectivity index (χ2n) is 6.17. The van der Waals surface area contributed by atoms with Crippen molar-refractivity contribution in [1.29, 1.82) is 0 Å². The van der Waals surface area contributed by atoms with E-state index in [9.17, 15) is 14.4 Å². The van der Waals surface area contributed by atoms with Crippen molar-refractivity contribution in [3.05, 3.63) is 53.9 Å². The fraction of sp³-hybridized carbons (Fsp3) is 0.333. The van der Waals surface area contributed by atoms with Crippen LogP contribution in [-0.4, -0.2) is 38.4 Å². The van der Waals surface area contributed by atoms with Gasteiger partial charge in [-0.1, -0.05) is 12.1 Å². The van der Waals surface area contributed by atoms with Gasteiger partial charge in [0.15, 0.2) is 0 Å². The molecule has 1 aromatic carbocycles. The fourth-order valence-electron chi connectivity index (χ4n) is 2.79. The lowest BCUT2D eigenvalue weighted by molar-refractivity contribution is -0.139. The quantitative estimate of drug-likeness (QED) is 0.805. The van der Waals surface area contributed by atoms with Crippen LogP contribution in [0, 0.1) is 0 Å². The van der Waals surface area contributed by atoms with E-state index < -0.39 is 0 Å². The van der Waals surface area contributed by atoms with E-state index in [-0.39, 0.29) is 43.1 Å². The summed E-state index contributed by atoms with van der Waals surface area (Å²) in [5.41, 5.74) is 1.36. The van der Waals surface area contributed by atoms with Gasteiger partial charge in [-0.25, -0.2) is 0 Å². The van der Waals surface area contributed by atoms with Crippen molar-refractivity contribution in [2.24, 2.45) is 0 Å². The fourth-order valence-corrected chi connectivity index (χ4v) is 2.79. The molecule has 1 atom stereocenters. The number of amides is 3. The van der Waals surface area contributed by atoms with Gasteiger partial charge < -0.3 is 5.32 Å². The molecular weight excluding hydrogens is 320 g/mol. The maximum atomic E-state index is 12.3. The number of aromatic nitrogens is 2. The Morgan fingerprint density at radius 1 is 1.20 bits per heavy atom. The molecule has 0 saturated carbocycles. The van der Waals surface area contributed by atoms with Gasteiger partial charge in [-0.3, -0.25) is 24.0 Å². The predicted octanol–water partition coefficient (Wildman–Crippen LogP) is 1.35. The molecule has 0 radical (unpaired) electrons. The lowest BCUT2D eigenvalue weighted by atomic mass is 10.1. The van der Waals surface area contributed by atoms with Crippen molar-refractivity contribution in [1.82, 2.24) is 20.0 Å². The molecule has 7 nitrogen and oxygen atoms in total. The smallest absolute Gasteiger partial charge is 0.251 e. The number of likely N-dealkylation sites (tertiary alicyclic amines) is 1. The van der Waals surface area contributed by atoms with Crippen LogP contribution in [0.15, 0.2) is 42.7 Å². The van der Waals surface area contributed by atoms with E-state index in [1.807, 2.05) is 19.2 Å². The molecule has 130 valence electrons. The van der Waals surface area contributed by atoms with Crippen LogP contribution in [0.1, 0.15) is 35.7 Å². The zero-order valence-electron chi connectivity index (χ0n) is 14.0. The van der Waals surface area contributed by atoms with Crippen LogP contribution < -0.4 is 5.32 Å². The Bertz CT molecular complexity index is 752. The Morgan fingerprint density at radius 3 is 2.48 bits per heavy atom. The molecule has 1 aromatic heterocycles. The number of benzene rings is 1. The number of carbonyl (C=O) groups excluding carboxylic acids is 3. The number of nitrogens with one attached hydrogen (secondary N) is 1. The van der Waals surface area contributed by atoms with Gasteiger partial charge in [-0.2, -0.15) is 5.10 Å². The SMILES string of the molecule is C[C@@H](Cn1cccn1)NC(=O)c1ccc(CN2C(=O)CCC2=O)cc1. The van der Waals surface area contributed by atoms with Gasteiger partial charge in [0, 0.05) is 36.8 Å². The second kappa shape index (κ2) is 7.29. The van der Waals surface area contributed by atoms with E-state index in [1.165, 1.54) is 4.90 Å². The molecule has 2 aromatic rings. The van der Waals surface area contributed by atoms with Crippen LogP contribution in [0.3, 0.4) is 0 Å². The van der Waals surface area contributed by atoms with Crippen molar-refractivity contribution in [2.45, 2.75) is 38.9 Å². The highest BCUT2D eigenvalue weighted by Gasteiger charge is 2.28. The number of imide groups is 1. The molecule has 3 rings (SSSR count). The largest absolute Gasteiger partial charge is 0.348 e. The van der Waals surface area contributed by atoms with Crippen LogP contribution in [0.4, 0.5) is 0 Å². The monoisotopic (exact) mass is 340 g/mol. The molecule has 0 bridgehead atoms. The molecule has 1 aliphatic rings. The van der Waals surface area contributed by atoms with Crippen molar-refractivity contribution in [3.8, 4) is 0 Å². The lowest BCUT2D eigenvalue weighted by Crippen LogP contribution is -2.35. The summed E-state index contributed by atoms with van der Waals surface area (Å²) >= 11 is 0. The van der Waals surface area contributed by atoms with Gasteiger partial charge in [0.1, 0.15) is 0 Å². The number of nitrogens with zero attached hydrogens (tertiary/aromatic N) is 3. The average Bonchev–Trinajstić information content (AvgIpc) is 3.20. The summed E-state index contributed by atoms with van der Waals surface area (Å²) in [6.07, 6.45) is 4.11. The summed E-state index contributed by atoms with van der Waals surface area (Å²) in [6, 6.07) is 8.72. The van der Waals surface area contributed by atoms with Gasteiger partial charge in [0.2, 0.25) is 11.8 Å². The second-order valence-corrected chi connectivity index (χ2v) is 6.17. The third-order valence-electron chi connectivity index (χ3n) is 4.11. The molecular formula is C18H20N4O3. The lowest BCUT2D eigenvalue weighted by Gasteiger charge is -2.15. The highest BCUT2D eigenvalue weighted by Crippen LogP contribution is 2.16. The van der Waals surface area contributed by atoms with Gasteiger partial charge in [0.25, 0.3) is 5.91 Å². The minimum atomic E-state index is -0.167. The average molecular weight is 340 g/mol. The molecule has 0 aliphatic carbocycles. The molecule has 2 heterocycles.